The monoisotopic (exact) mass is 435 g/mol. The lowest BCUT2D eigenvalue weighted by Gasteiger charge is -2.29. The maximum absolute atomic E-state index is 13.5. The molecular formula is C23H21N3O4S. The van der Waals surface area contributed by atoms with E-state index in [1.807, 2.05) is 6.92 Å². The van der Waals surface area contributed by atoms with Gasteiger partial charge in [0, 0.05) is 12.5 Å². The number of aryl methyl sites for hydroxylation is 1. The number of rotatable bonds is 5. The van der Waals surface area contributed by atoms with Gasteiger partial charge < -0.3 is 4.74 Å². The molecule has 0 unspecified atom stereocenters. The third kappa shape index (κ3) is 3.61. The first-order valence-electron chi connectivity index (χ1n) is 9.47. The number of nitriles is 2. The van der Waals surface area contributed by atoms with Crippen LogP contribution in [0.1, 0.15) is 27.5 Å². The van der Waals surface area contributed by atoms with E-state index in [-0.39, 0.29) is 17.0 Å². The van der Waals surface area contributed by atoms with E-state index in [0.717, 1.165) is 5.56 Å². The molecule has 2 atom stereocenters. The van der Waals surface area contributed by atoms with Crippen molar-refractivity contribution in [2.24, 2.45) is 11.3 Å². The number of carbonyl (C=O) groups excluding carboxylic acids is 1. The van der Waals surface area contributed by atoms with Crippen molar-refractivity contribution in [3.05, 3.63) is 77.9 Å². The van der Waals surface area contributed by atoms with Crippen LogP contribution in [0.3, 0.4) is 0 Å². The van der Waals surface area contributed by atoms with Crippen LogP contribution in [0.4, 0.5) is 0 Å². The van der Waals surface area contributed by atoms with Crippen molar-refractivity contribution in [2.45, 2.75) is 17.9 Å². The van der Waals surface area contributed by atoms with Gasteiger partial charge in [-0.1, -0.05) is 35.9 Å². The zero-order valence-electron chi connectivity index (χ0n) is 17.1. The zero-order valence-corrected chi connectivity index (χ0v) is 18.0. The molecule has 8 heteroatoms. The molecule has 3 rings (SSSR count). The van der Waals surface area contributed by atoms with E-state index in [2.05, 4.69) is 18.7 Å². The highest BCUT2D eigenvalue weighted by Gasteiger charge is 2.58. The minimum atomic E-state index is -4.03. The topological polar surface area (TPSA) is 111 Å². The highest BCUT2D eigenvalue weighted by Crippen LogP contribution is 2.52. The SMILES string of the molecule is C=C[C@H]1CN(S(=O)(=O)c2ccc(C)cc2)[C@@H](c2ccc(C(=O)OC)cc2)C1(C#N)C#N. The fourth-order valence-electron chi connectivity index (χ4n) is 3.88. The quantitative estimate of drug-likeness (QED) is 0.526. The molecule has 0 spiro atoms. The van der Waals surface area contributed by atoms with Gasteiger partial charge in [0.2, 0.25) is 10.0 Å². The lowest BCUT2D eigenvalue weighted by atomic mass is 9.73. The van der Waals surface area contributed by atoms with Crippen LogP contribution in [-0.2, 0) is 14.8 Å². The predicted molar refractivity (Wildman–Crippen MR) is 113 cm³/mol. The standard InChI is InChI=1S/C23H21N3O4S/c1-4-19-13-26(31(28,29)20-11-5-16(2)6-12-20)21(23(19,14-24)15-25)17-7-9-18(10-8-17)22(27)30-3/h4-12,19,21H,1,13H2,2-3H3/t19-,21-/m0/s1. The fraction of sp³-hybridized carbons (Fsp3) is 0.261. The van der Waals surface area contributed by atoms with Crippen LogP contribution < -0.4 is 0 Å². The van der Waals surface area contributed by atoms with Crippen molar-refractivity contribution in [1.82, 2.24) is 4.31 Å². The van der Waals surface area contributed by atoms with E-state index < -0.39 is 33.4 Å². The Morgan fingerprint density at radius 2 is 1.74 bits per heavy atom. The summed E-state index contributed by atoms with van der Waals surface area (Å²) in [6.45, 7) is 5.51. The number of nitrogens with zero attached hydrogens (tertiary/aromatic N) is 3. The minimum absolute atomic E-state index is 0.0652. The number of hydrogen-bond donors (Lipinski definition) is 0. The van der Waals surface area contributed by atoms with E-state index >= 15 is 0 Å². The summed E-state index contributed by atoms with van der Waals surface area (Å²) in [5.74, 6) is -1.24. The van der Waals surface area contributed by atoms with Crippen LogP contribution in [0.2, 0.25) is 0 Å². The van der Waals surface area contributed by atoms with E-state index in [1.165, 1.54) is 41.8 Å². The normalized spacial score (nSPS) is 20.4. The highest BCUT2D eigenvalue weighted by molar-refractivity contribution is 7.89. The molecule has 0 bridgehead atoms. The second-order valence-corrected chi connectivity index (χ2v) is 9.23. The summed E-state index contributed by atoms with van der Waals surface area (Å²) in [6, 6.07) is 15.5. The van der Waals surface area contributed by atoms with Crippen LogP contribution in [0.25, 0.3) is 0 Å². The first kappa shape index (κ1) is 22.2. The molecule has 0 amide bonds. The Balaban J connectivity index is 2.19. The van der Waals surface area contributed by atoms with Crippen LogP contribution in [0.5, 0.6) is 0 Å². The van der Waals surface area contributed by atoms with Crippen molar-refractivity contribution in [1.29, 1.82) is 10.5 Å². The largest absolute Gasteiger partial charge is 0.465 e. The number of ether oxygens (including phenoxy) is 1. The van der Waals surface area contributed by atoms with Crippen LogP contribution in [-0.4, -0.2) is 32.3 Å². The molecule has 1 saturated heterocycles. The Bertz CT molecular complexity index is 1180. The van der Waals surface area contributed by atoms with E-state index in [1.54, 1.807) is 24.3 Å². The van der Waals surface area contributed by atoms with Gasteiger partial charge in [-0.2, -0.15) is 14.8 Å². The van der Waals surface area contributed by atoms with E-state index in [4.69, 9.17) is 4.74 Å². The van der Waals surface area contributed by atoms with Gasteiger partial charge in [-0.05, 0) is 36.8 Å². The average molecular weight is 436 g/mol. The van der Waals surface area contributed by atoms with Crippen LogP contribution in [0, 0.1) is 40.9 Å². The van der Waals surface area contributed by atoms with E-state index in [0.29, 0.717) is 5.56 Å². The molecule has 1 aliphatic rings. The molecule has 1 heterocycles. The Labute approximate surface area is 181 Å². The number of esters is 1. The minimum Gasteiger partial charge on any atom is -0.465 e. The molecule has 1 fully saturated rings. The Morgan fingerprint density at radius 3 is 2.23 bits per heavy atom. The third-order valence-electron chi connectivity index (χ3n) is 5.61. The third-order valence-corrected chi connectivity index (χ3v) is 7.46. The average Bonchev–Trinajstić information content (AvgIpc) is 3.14. The Hall–Kier alpha value is -3.46. The Morgan fingerprint density at radius 1 is 1.16 bits per heavy atom. The zero-order chi connectivity index (χ0) is 22.8. The molecule has 2 aromatic rings. The van der Waals surface area contributed by atoms with Crippen molar-refractivity contribution in [3.63, 3.8) is 0 Å². The number of benzene rings is 2. The van der Waals surface area contributed by atoms with Gasteiger partial charge in [0.05, 0.1) is 35.7 Å². The maximum Gasteiger partial charge on any atom is 0.337 e. The van der Waals surface area contributed by atoms with Gasteiger partial charge in [0.25, 0.3) is 0 Å². The maximum atomic E-state index is 13.5. The van der Waals surface area contributed by atoms with Gasteiger partial charge in [0.15, 0.2) is 5.41 Å². The summed E-state index contributed by atoms with van der Waals surface area (Å²) in [5.41, 5.74) is -0.0674. The summed E-state index contributed by atoms with van der Waals surface area (Å²) in [4.78, 5) is 11.8. The lowest BCUT2D eigenvalue weighted by molar-refractivity contribution is 0.0600. The van der Waals surface area contributed by atoms with Gasteiger partial charge in [-0.3, -0.25) is 0 Å². The summed E-state index contributed by atoms with van der Waals surface area (Å²) < 4.78 is 32.9. The van der Waals surface area contributed by atoms with Gasteiger partial charge in [-0.15, -0.1) is 6.58 Å². The molecule has 31 heavy (non-hydrogen) atoms. The summed E-state index contributed by atoms with van der Waals surface area (Å²) in [6.07, 6.45) is 1.45. The second kappa shape index (κ2) is 8.35. The molecule has 158 valence electrons. The number of methoxy groups -OCH3 is 1. The molecule has 0 aromatic heterocycles. The van der Waals surface area contributed by atoms with E-state index in [9.17, 15) is 23.7 Å². The summed E-state index contributed by atoms with van der Waals surface area (Å²) in [7, 11) is -2.77. The molecule has 0 aliphatic carbocycles. The summed E-state index contributed by atoms with van der Waals surface area (Å²) in [5, 5.41) is 20.0. The molecule has 0 radical (unpaired) electrons. The Kier molecular flexibility index (Phi) is 5.99. The fourth-order valence-corrected chi connectivity index (χ4v) is 5.55. The van der Waals surface area contributed by atoms with Gasteiger partial charge >= 0.3 is 5.97 Å². The smallest absolute Gasteiger partial charge is 0.337 e. The van der Waals surface area contributed by atoms with Crippen molar-refractivity contribution >= 4 is 16.0 Å². The molecule has 0 saturated carbocycles. The summed E-state index contributed by atoms with van der Waals surface area (Å²) >= 11 is 0. The first-order valence-corrected chi connectivity index (χ1v) is 10.9. The first-order chi connectivity index (χ1) is 14.7. The lowest BCUT2D eigenvalue weighted by Crippen LogP contribution is -2.35. The second-order valence-electron chi connectivity index (χ2n) is 7.34. The van der Waals surface area contributed by atoms with Crippen LogP contribution >= 0.6 is 0 Å². The van der Waals surface area contributed by atoms with Crippen molar-refractivity contribution in [2.75, 3.05) is 13.7 Å². The number of hydrogen-bond acceptors (Lipinski definition) is 6. The molecular weight excluding hydrogens is 414 g/mol. The van der Waals surface area contributed by atoms with Crippen molar-refractivity contribution < 1.29 is 17.9 Å². The number of sulfonamides is 1. The predicted octanol–water partition coefficient (Wildman–Crippen LogP) is 3.36. The highest BCUT2D eigenvalue weighted by atomic mass is 32.2. The number of carbonyl (C=O) groups is 1. The molecule has 0 N–H and O–H groups in total. The van der Waals surface area contributed by atoms with Crippen molar-refractivity contribution in [3.8, 4) is 12.1 Å². The molecule has 2 aromatic carbocycles. The van der Waals surface area contributed by atoms with Gasteiger partial charge in [0.1, 0.15) is 0 Å². The van der Waals surface area contributed by atoms with Gasteiger partial charge in [-0.25, -0.2) is 13.2 Å². The molecule has 7 nitrogen and oxygen atoms in total. The van der Waals surface area contributed by atoms with Crippen LogP contribution in [0.15, 0.2) is 66.1 Å². The molecule has 1 aliphatic heterocycles.